The van der Waals surface area contributed by atoms with Gasteiger partial charge in [-0.1, -0.05) is 56.9 Å². The number of amides is 1. The molecule has 0 aromatic heterocycles. The second kappa shape index (κ2) is 12.2. The second-order valence-corrected chi connectivity index (χ2v) is 10.5. The zero-order valence-corrected chi connectivity index (χ0v) is 19.8. The zero-order valence-electron chi connectivity index (χ0n) is 19.8. The van der Waals surface area contributed by atoms with Gasteiger partial charge >= 0.3 is 0 Å². The van der Waals surface area contributed by atoms with Gasteiger partial charge in [0.1, 0.15) is 0 Å². The van der Waals surface area contributed by atoms with E-state index in [9.17, 15) is 15.0 Å². The van der Waals surface area contributed by atoms with E-state index in [1.54, 1.807) is 0 Å². The number of aliphatic hydroxyl groups excluding tert-OH is 2. The summed E-state index contributed by atoms with van der Waals surface area (Å²) >= 11 is 0. The molecule has 4 heteroatoms. The predicted molar refractivity (Wildman–Crippen MR) is 127 cm³/mol. The number of likely N-dealkylation sites (tertiary alicyclic amines) is 1. The molecule has 4 nitrogen and oxygen atoms in total. The Labute approximate surface area is 189 Å². The van der Waals surface area contributed by atoms with Crippen molar-refractivity contribution < 1.29 is 15.0 Å². The highest BCUT2D eigenvalue weighted by Gasteiger charge is 2.43. The Balaban J connectivity index is 1.41. The summed E-state index contributed by atoms with van der Waals surface area (Å²) in [6, 6.07) is 0. The van der Waals surface area contributed by atoms with Crippen molar-refractivity contribution in [2.24, 2.45) is 23.7 Å². The third-order valence-corrected chi connectivity index (χ3v) is 7.80. The highest BCUT2D eigenvalue weighted by atomic mass is 16.3. The van der Waals surface area contributed by atoms with Crippen molar-refractivity contribution in [1.29, 1.82) is 0 Å². The van der Waals surface area contributed by atoms with E-state index >= 15 is 0 Å². The standard InChI is InChI=1S/C27H45NO3/c1-3-4-9-20(2)16-23(29)12-13-24-25-18-21(17-22(25)19-26(24)30)10-8-11-27(31)28-14-6-5-7-15-28/h12-13,17,20,22-26,29-30H,3-11,14-16,18-19H2,1-2H3/t20-,22-,23+,24+,25-,26+/m0/s1. The van der Waals surface area contributed by atoms with Gasteiger partial charge in [-0.25, -0.2) is 0 Å². The lowest BCUT2D eigenvalue weighted by Crippen LogP contribution is -2.35. The molecule has 2 N–H and O–H groups in total. The quantitative estimate of drug-likeness (QED) is 0.440. The van der Waals surface area contributed by atoms with Crippen LogP contribution in [0.1, 0.15) is 90.9 Å². The van der Waals surface area contributed by atoms with Gasteiger partial charge in [-0.3, -0.25) is 4.79 Å². The molecule has 1 heterocycles. The average Bonchev–Trinajstić information content (AvgIpc) is 3.27. The zero-order chi connectivity index (χ0) is 22.2. The summed E-state index contributed by atoms with van der Waals surface area (Å²) < 4.78 is 0. The number of allylic oxidation sites excluding steroid dienone is 2. The Morgan fingerprint density at radius 1 is 1.26 bits per heavy atom. The first kappa shape index (κ1) is 24.5. The monoisotopic (exact) mass is 431 g/mol. The predicted octanol–water partition coefficient (Wildman–Crippen LogP) is 5.25. The molecular weight excluding hydrogens is 386 g/mol. The Kier molecular flexibility index (Phi) is 9.65. The molecule has 6 atom stereocenters. The summed E-state index contributed by atoms with van der Waals surface area (Å²) in [7, 11) is 0. The highest BCUT2D eigenvalue weighted by molar-refractivity contribution is 5.76. The fourth-order valence-electron chi connectivity index (χ4n) is 5.98. The number of fused-ring (bicyclic) bond motifs is 1. The number of carbonyl (C=O) groups excluding carboxylic acids is 1. The van der Waals surface area contributed by atoms with Crippen molar-refractivity contribution in [2.75, 3.05) is 13.1 Å². The molecule has 0 aromatic carbocycles. The fraction of sp³-hybridized carbons (Fsp3) is 0.815. The molecule has 0 unspecified atom stereocenters. The van der Waals surface area contributed by atoms with Crippen LogP contribution in [0.5, 0.6) is 0 Å². The van der Waals surface area contributed by atoms with Crippen molar-refractivity contribution in [3.8, 4) is 0 Å². The van der Waals surface area contributed by atoms with E-state index in [1.807, 2.05) is 11.0 Å². The molecule has 1 saturated carbocycles. The number of unbranched alkanes of at least 4 members (excludes halogenated alkanes) is 1. The summed E-state index contributed by atoms with van der Waals surface area (Å²) in [5.41, 5.74) is 1.47. The number of rotatable bonds is 11. The third-order valence-electron chi connectivity index (χ3n) is 7.80. The van der Waals surface area contributed by atoms with E-state index in [4.69, 9.17) is 0 Å². The minimum Gasteiger partial charge on any atom is -0.392 e. The molecular formula is C27H45NO3. The van der Waals surface area contributed by atoms with Crippen LogP contribution in [0, 0.1) is 23.7 Å². The third kappa shape index (κ3) is 7.18. The van der Waals surface area contributed by atoms with Gasteiger partial charge in [0.25, 0.3) is 0 Å². The largest absolute Gasteiger partial charge is 0.392 e. The van der Waals surface area contributed by atoms with Crippen LogP contribution >= 0.6 is 0 Å². The SMILES string of the molecule is CCCC[C@H](C)C[C@H](O)C=C[C@@H]1[C@H]2CC(CCCC(=O)N3CCCCC3)=C[C@H]2C[C@H]1O. The maximum absolute atomic E-state index is 12.4. The Morgan fingerprint density at radius 3 is 2.77 bits per heavy atom. The van der Waals surface area contributed by atoms with E-state index in [1.165, 1.54) is 31.3 Å². The fourth-order valence-corrected chi connectivity index (χ4v) is 5.98. The molecule has 0 bridgehead atoms. The van der Waals surface area contributed by atoms with Gasteiger partial charge in [-0.05, 0) is 69.1 Å². The number of piperidine rings is 1. The van der Waals surface area contributed by atoms with Gasteiger partial charge in [0.05, 0.1) is 12.2 Å². The molecule has 1 aliphatic heterocycles. The Bertz CT molecular complexity index is 622. The number of hydrogen-bond acceptors (Lipinski definition) is 3. The summed E-state index contributed by atoms with van der Waals surface area (Å²) in [5.74, 6) is 1.93. The summed E-state index contributed by atoms with van der Waals surface area (Å²) in [5, 5.41) is 21.0. The van der Waals surface area contributed by atoms with E-state index in [2.05, 4.69) is 26.0 Å². The minimum absolute atomic E-state index is 0.148. The molecule has 1 saturated heterocycles. The van der Waals surface area contributed by atoms with Gasteiger partial charge in [0.2, 0.25) is 5.91 Å². The second-order valence-electron chi connectivity index (χ2n) is 10.5. The first-order valence-corrected chi connectivity index (χ1v) is 13.0. The molecule has 2 aliphatic carbocycles. The van der Waals surface area contributed by atoms with Crippen LogP contribution in [-0.4, -0.2) is 46.3 Å². The molecule has 176 valence electrons. The maximum atomic E-state index is 12.4. The number of hydrogen-bond donors (Lipinski definition) is 2. The van der Waals surface area contributed by atoms with Crippen LogP contribution in [-0.2, 0) is 4.79 Å². The molecule has 31 heavy (non-hydrogen) atoms. The Hall–Kier alpha value is -1.13. The minimum atomic E-state index is -0.410. The lowest BCUT2D eigenvalue weighted by molar-refractivity contribution is -0.132. The van der Waals surface area contributed by atoms with Gasteiger partial charge in [-0.15, -0.1) is 0 Å². The van der Waals surface area contributed by atoms with Crippen LogP contribution in [0.2, 0.25) is 0 Å². The van der Waals surface area contributed by atoms with Crippen molar-refractivity contribution in [3.63, 3.8) is 0 Å². The van der Waals surface area contributed by atoms with E-state index < -0.39 is 6.10 Å². The highest BCUT2D eigenvalue weighted by Crippen LogP contribution is 2.48. The van der Waals surface area contributed by atoms with Crippen molar-refractivity contribution >= 4 is 5.91 Å². The number of nitrogens with zero attached hydrogens (tertiary/aromatic N) is 1. The van der Waals surface area contributed by atoms with Gasteiger partial charge in [-0.2, -0.15) is 0 Å². The van der Waals surface area contributed by atoms with E-state index in [-0.39, 0.29) is 12.0 Å². The van der Waals surface area contributed by atoms with Crippen LogP contribution in [0.15, 0.2) is 23.8 Å². The summed E-state index contributed by atoms with van der Waals surface area (Å²) in [4.78, 5) is 14.4. The molecule has 0 radical (unpaired) electrons. The summed E-state index contributed by atoms with van der Waals surface area (Å²) in [6.45, 7) is 6.31. The average molecular weight is 432 g/mol. The van der Waals surface area contributed by atoms with Crippen LogP contribution < -0.4 is 0 Å². The Morgan fingerprint density at radius 2 is 2.03 bits per heavy atom. The van der Waals surface area contributed by atoms with Crippen molar-refractivity contribution in [2.45, 2.75) is 103 Å². The van der Waals surface area contributed by atoms with E-state index in [0.717, 1.165) is 58.0 Å². The van der Waals surface area contributed by atoms with Gasteiger partial charge in [0.15, 0.2) is 0 Å². The summed E-state index contributed by atoms with van der Waals surface area (Å²) in [6.07, 6.45) is 18.2. The molecule has 0 aromatic rings. The first-order chi connectivity index (χ1) is 15.0. The van der Waals surface area contributed by atoms with Crippen LogP contribution in [0.25, 0.3) is 0 Å². The van der Waals surface area contributed by atoms with Crippen molar-refractivity contribution in [3.05, 3.63) is 23.8 Å². The number of carbonyl (C=O) groups is 1. The van der Waals surface area contributed by atoms with Gasteiger partial charge < -0.3 is 15.1 Å². The molecule has 1 amide bonds. The number of aliphatic hydroxyl groups is 2. The van der Waals surface area contributed by atoms with Crippen molar-refractivity contribution in [1.82, 2.24) is 4.90 Å². The maximum Gasteiger partial charge on any atom is 0.222 e. The van der Waals surface area contributed by atoms with Crippen LogP contribution in [0.3, 0.4) is 0 Å². The molecule has 0 spiro atoms. The van der Waals surface area contributed by atoms with Crippen LogP contribution in [0.4, 0.5) is 0 Å². The first-order valence-electron chi connectivity index (χ1n) is 13.0. The smallest absolute Gasteiger partial charge is 0.222 e. The molecule has 2 fully saturated rings. The van der Waals surface area contributed by atoms with E-state index in [0.29, 0.717) is 30.1 Å². The van der Waals surface area contributed by atoms with Gasteiger partial charge in [0, 0.05) is 25.4 Å². The lowest BCUT2D eigenvalue weighted by atomic mass is 9.88. The lowest BCUT2D eigenvalue weighted by Gasteiger charge is -2.26. The molecule has 3 aliphatic rings. The normalized spacial score (nSPS) is 30.5. The molecule has 3 rings (SSSR count). The topological polar surface area (TPSA) is 60.8 Å².